The van der Waals surface area contributed by atoms with Gasteiger partial charge in [-0.15, -0.1) is 16.4 Å². The molecule has 1 amide bonds. The molecule has 0 aliphatic heterocycles. The SMILES string of the molecule is CC(Oc1ccc(Cl)cc1Cl)C(=O)Nc1nc2scc(-c3ccccc3)n2n1. The fourth-order valence-electron chi connectivity index (χ4n) is 2.57. The van der Waals surface area contributed by atoms with E-state index in [1.54, 1.807) is 29.6 Å². The predicted octanol–water partition coefficient (Wildman–Crippen LogP) is 5.17. The molecule has 0 aliphatic carbocycles. The molecule has 2 heterocycles. The number of nitrogens with zero attached hydrogens (tertiary/aromatic N) is 3. The summed E-state index contributed by atoms with van der Waals surface area (Å²) in [5, 5.41) is 9.87. The van der Waals surface area contributed by atoms with Gasteiger partial charge in [0.15, 0.2) is 6.10 Å². The molecule has 2 aromatic carbocycles. The van der Waals surface area contributed by atoms with Gasteiger partial charge in [0, 0.05) is 16.0 Å². The Bertz CT molecular complexity index is 1140. The molecule has 4 aromatic rings. The van der Waals surface area contributed by atoms with Gasteiger partial charge < -0.3 is 4.74 Å². The maximum Gasteiger partial charge on any atom is 0.267 e. The molecule has 0 radical (unpaired) electrons. The van der Waals surface area contributed by atoms with Crippen LogP contribution >= 0.6 is 34.5 Å². The van der Waals surface area contributed by atoms with Crippen molar-refractivity contribution >= 4 is 51.4 Å². The molecule has 4 rings (SSSR count). The van der Waals surface area contributed by atoms with Crippen molar-refractivity contribution in [2.45, 2.75) is 13.0 Å². The van der Waals surface area contributed by atoms with Crippen LogP contribution in [0.3, 0.4) is 0 Å². The fourth-order valence-corrected chi connectivity index (χ4v) is 3.85. The maximum atomic E-state index is 12.5. The normalized spacial score (nSPS) is 12.1. The van der Waals surface area contributed by atoms with Crippen LogP contribution in [0.25, 0.3) is 16.2 Å². The number of carbonyl (C=O) groups excluding carboxylic acids is 1. The van der Waals surface area contributed by atoms with Crippen LogP contribution in [-0.4, -0.2) is 26.6 Å². The highest BCUT2D eigenvalue weighted by atomic mass is 35.5. The molecule has 28 heavy (non-hydrogen) atoms. The number of nitrogens with one attached hydrogen (secondary N) is 1. The first-order valence-electron chi connectivity index (χ1n) is 8.33. The predicted molar refractivity (Wildman–Crippen MR) is 111 cm³/mol. The Morgan fingerprint density at radius 3 is 2.75 bits per heavy atom. The molecule has 9 heteroatoms. The lowest BCUT2D eigenvalue weighted by Gasteiger charge is -2.14. The molecule has 0 saturated heterocycles. The lowest BCUT2D eigenvalue weighted by molar-refractivity contribution is -0.122. The zero-order valence-electron chi connectivity index (χ0n) is 14.6. The van der Waals surface area contributed by atoms with E-state index in [0.29, 0.717) is 20.8 Å². The van der Waals surface area contributed by atoms with E-state index in [9.17, 15) is 4.79 Å². The van der Waals surface area contributed by atoms with E-state index < -0.39 is 6.10 Å². The molecule has 1 atom stereocenters. The zero-order valence-corrected chi connectivity index (χ0v) is 16.9. The van der Waals surface area contributed by atoms with Crippen molar-refractivity contribution in [3.63, 3.8) is 0 Å². The molecule has 2 aromatic heterocycles. The Hall–Kier alpha value is -2.61. The van der Waals surface area contributed by atoms with Gasteiger partial charge in [0.2, 0.25) is 4.96 Å². The van der Waals surface area contributed by atoms with Crippen LogP contribution in [0.1, 0.15) is 6.92 Å². The summed E-state index contributed by atoms with van der Waals surface area (Å²) in [6.45, 7) is 1.62. The number of hydrogen-bond acceptors (Lipinski definition) is 5. The molecular formula is C19H14Cl2N4O2S. The standard InChI is InChI=1S/C19H14Cl2N4O2S/c1-11(27-16-8-7-13(20)9-14(16)21)17(26)22-18-23-19-25(24-18)15(10-28-19)12-5-3-2-4-6-12/h2-11H,1H3,(H,22,24,26). The number of ether oxygens (including phenoxy) is 1. The number of halogens is 2. The number of fused-ring (bicyclic) bond motifs is 1. The first-order chi connectivity index (χ1) is 13.5. The Morgan fingerprint density at radius 2 is 2.00 bits per heavy atom. The second-order valence-corrected chi connectivity index (χ2v) is 7.62. The van der Waals surface area contributed by atoms with Gasteiger partial charge in [-0.05, 0) is 25.1 Å². The van der Waals surface area contributed by atoms with Crippen molar-refractivity contribution in [3.05, 3.63) is 64.0 Å². The molecule has 1 N–H and O–H groups in total. The Labute approximate surface area is 174 Å². The minimum atomic E-state index is -0.797. The van der Waals surface area contributed by atoms with Crippen LogP contribution in [0.5, 0.6) is 5.75 Å². The molecule has 142 valence electrons. The Kier molecular flexibility index (Phi) is 5.21. The molecule has 1 unspecified atom stereocenters. The lowest BCUT2D eigenvalue weighted by Crippen LogP contribution is -2.30. The molecule has 0 bridgehead atoms. The first-order valence-corrected chi connectivity index (χ1v) is 9.97. The van der Waals surface area contributed by atoms with Gasteiger partial charge in [0.05, 0.1) is 10.7 Å². The van der Waals surface area contributed by atoms with Crippen molar-refractivity contribution < 1.29 is 9.53 Å². The maximum absolute atomic E-state index is 12.5. The van der Waals surface area contributed by atoms with Crippen molar-refractivity contribution in [3.8, 4) is 17.0 Å². The summed E-state index contributed by atoms with van der Waals surface area (Å²) in [7, 11) is 0. The van der Waals surface area contributed by atoms with E-state index in [1.807, 2.05) is 35.7 Å². The van der Waals surface area contributed by atoms with Gasteiger partial charge in [0.25, 0.3) is 11.9 Å². The highest BCUT2D eigenvalue weighted by molar-refractivity contribution is 7.15. The third-order valence-corrected chi connectivity index (χ3v) is 5.30. The van der Waals surface area contributed by atoms with E-state index in [1.165, 1.54) is 11.3 Å². The quantitative estimate of drug-likeness (QED) is 0.472. The number of thiazole rings is 1. The van der Waals surface area contributed by atoms with Gasteiger partial charge >= 0.3 is 0 Å². The summed E-state index contributed by atoms with van der Waals surface area (Å²) in [6, 6.07) is 14.7. The number of amides is 1. The molecule has 0 aliphatic rings. The average Bonchev–Trinajstić information content (AvgIpc) is 3.24. The van der Waals surface area contributed by atoms with Gasteiger partial charge in [0.1, 0.15) is 5.75 Å². The molecular weight excluding hydrogens is 419 g/mol. The summed E-state index contributed by atoms with van der Waals surface area (Å²) in [6.07, 6.45) is -0.797. The largest absolute Gasteiger partial charge is 0.479 e. The van der Waals surface area contributed by atoms with E-state index in [0.717, 1.165) is 11.3 Å². The van der Waals surface area contributed by atoms with Crippen LogP contribution in [0.4, 0.5) is 5.95 Å². The van der Waals surface area contributed by atoms with E-state index in [4.69, 9.17) is 27.9 Å². The van der Waals surface area contributed by atoms with Crippen molar-refractivity contribution in [1.82, 2.24) is 14.6 Å². The zero-order chi connectivity index (χ0) is 19.7. The first kappa shape index (κ1) is 18.7. The smallest absolute Gasteiger partial charge is 0.267 e. The summed E-state index contributed by atoms with van der Waals surface area (Å²) < 4.78 is 7.33. The number of rotatable bonds is 5. The minimum absolute atomic E-state index is 0.215. The fraction of sp³-hybridized carbons (Fsp3) is 0.105. The number of hydrogen-bond donors (Lipinski definition) is 1. The molecule has 6 nitrogen and oxygen atoms in total. The lowest BCUT2D eigenvalue weighted by atomic mass is 10.2. The topological polar surface area (TPSA) is 68.5 Å². The van der Waals surface area contributed by atoms with E-state index in [2.05, 4.69) is 15.4 Å². The molecule has 0 fully saturated rings. The number of aromatic nitrogens is 3. The summed E-state index contributed by atoms with van der Waals surface area (Å²) in [5.41, 5.74) is 1.93. The molecule has 0 spiro atoms. The van der Waals surface area contributed by atoms with E-state index in [-0.39, 0.29) is 11.9 Å². The highest BCUT2D eigenvalue weighted by Crippen LogP contribution is 2.29. The number of benzene rings is 2. The van der Waals surface area contributed by atoms with Crippen LogP contribution in [0.15, 0.2) is 53.9 Å². The minimum Gasteiger partial charge on any atom is -0.479 e. The highest BCUT2D eigenvalue weighted by Gasteiger charge is 2.19. The van der Waals surface area contributed by atoms with Gasteiger partial charge in [-0.25, -0.2) is 4.52 Å². The van der Waals surface area contributed by atoms with Crippen molar-refractivity contribution in [2.75, 3.05) is 5.32 Å². The monoisotopic (exact) mass is 432 g/mol. The van der Waals surface area contributed by atoms with Crippen molar-refractivity contribution in [1.29, 1.82) is 0 Å². The Balaban J connectivity index is 1.50. The van der Waals surface area contributed by atoms with Crippen LogP contribution < -0.4 is 10.1 Å². The van der Waals surface area contributed by atoms with Crippen molar-refractivity contribution in [2.24, 2.45) is 0 Å². The van der Waals surface area contributed by atoms with Crippen LogP contribution in [0, 0.1) is 0 Å². The summed E-state index contributed by atoms with van der Waals surface area (Å²) in [5.74, 6) is 0.205. The second kappa shape index (κ2) is 7.79. The molecule has 0 saturated carbocycles. The van der Waals surface area contributed by atoms with Gasteiger partial charge in [-0.2, -0.15) is 4.98 Å². The summed E-state index contributed by atoms with van der Waals surface area (Å²) in [4.78, 5) is 17.5. The average molecular weight is 433 g/mol. The third-order valence-electron chi connectivity index (χ3n) is 3.95. The van der Waals surface area contributed by atoms with Crippen LogP contribution in [0.2, 0.25) is 10.0 Å². The van der Waals surface area contributed by atoms with Crippen LogP contribution in [-0.2, 0) is 4.79 Å². The summed E-state index contributed by atoms with van der Waals surface area (Å²) >= 11 is 13.4. The third kappa shape index (κ3) is 3.82. The van der Waals surface area contributed by atoms with Gasteiger partial charge in [-0.1, -0.05) is 53.5 Å². The van der Waals surface area contributed by atoms with E-state index >= 15 is 0 Å². The van der Waals surface area contributed by atoms with Gasteiger partial charge in [-0.3, -0.25) is 10.1 Å². The second-order valence-electron chi connectivity index (χ2n) is 5.94. The Morgan fingerprint density at radius 1 is 1.21 bits per heavy atom. The number of carbonyl (C=O) groups is 1. The number of anilines is 1.